The summed E-state index contributed by atoms with van der Waals surface area (Å²) in [5.41, 5.74) is 5.46. The number of nitrogens with one attached hydrogen (secondary N) is 1. The summed E-state index contributed by atoms with van der Waals surface area (Å²) in [5.74, 6) is -0.00404. The van der Waals surface area contributed by atoms with Crippen LogP contribution in [0.1, 0.15) is 57.5 Å². The van der Waals surface area contributed by atoms with Crippen LogP contribution < -0.4 is 11.1 Å². The van der Waals surface area contributed by atoms with Crippen LogP contribution in [0, 0.1) is 25.7 Å². The van der Waals surface area contributed by atoms with E-state index in [0.717, 1.165) is 6.42 Å². The molecule has 2 fully saturated rings. The third-order valence-electron chi connectivity index (χ3n) is 6.56. The van der Waals surface area contributed by atoms with Crippen LogP contribution in [-0.2, 0) is 6.18 Å². The number of rotatable bonds is 4. The predicted molar refractivity (Wildman–Crippen MR) is 115 cm³/mol. The molecule has 3 N–H and O–H groups in total. The van der Waals surface area contributed by atoms with Crippen LogP contribution in [0.3, 0.4) is 0 Å². The summed E-state index contributed by atoms with van der Waals surface area (Å²) in [6.07, 6.45) is 0.0676. The lowest BCUT2D eigenvalue weighted by Crippen LogP contribution is -2.32. The SMILES string of the molecule is Cc1ccc(-n2cccn2)c(C(=O)c2c(N)nc(C3CC4CC4CN3)c(C(F)(F)F)c2C)n1. The first-order chi connectivity index (χ1) is 15.6. The molecule has 3 aromatic heterocycles. The number of piperidine rings is 1. The second-order valence-corrected chi connectivity index (χ2v) is 8.81. The van der Waals surface area contributed by atoms with Crippen molar-refractivity contribution in [1.29, 1.82) is 0 Å². The van der Waals surface area contributed by atoms with Crippen molar-refractivity contribution < 1.29 is 18.0 Å². The van der Waals surface area contributed by atoms with Gasteiger partial charge in [-0.15, -0.1) is 0 Å². The van der Waals surface area contributed by atoms with Gasteiger partial charge in [-0.25, -0.2) is 14.6 Å². The molecule has 1 saturated carbocycles. The Kier molecular flexibility index (Phi) is 5.00. The fourth-order valence-electron chi connectivity index (χ4n) is 4.82. The average Bonchev–Trinajstić information content (AvgIpc) is 3.32. The largest absolute Gasteiger partial charge is 0.418 e. The maximum atomic E-state index is 14.3. The molecule has 3 atom stereocenters. The zero-order valence-electron chi connectivity index (χ0n) is 18.1. The van der Waals surface area contributed by atoms with Gasteiger partial charge in [0, 0.05) is 18.1 Å². The van der Waals surface area contributed by atoms with E-state index in [4.69, 9.17) is 5.73 Å². The summed E-state index contributed by atoms with van der Waals surface area (Å²) in [4.78, 5) is 22.1. The van der Waals surface area contributed by atoms with Gasteiger partial charge in [-0.05, 0) is 68.8 Å². The molecule has 10 heteroatoms. The number of anilines is 1. The van der Waals surface area contributed by atoms with Gasteiger partial charge in [0.15, 0.2) is 0 Å². The summed E-state index contributed by atoms with van der Waals surface area (Å²) < 4.78 is 44.2. The molecule has 172 valence electrons. The lowest BCUT2D eigenvalue weighted by Gasteiger charge is -2.27. The molecule has 3 aromatic rings. The van der Waals surface area contributed by atoms with Crippen molar-refractivity contribution in [3.05, 3.63) is 64.4 Å². The van der Waals surface area contributed by atoms with E-state index < -0.39 is 23.6 Å². The molecule has 0 bridgehead atoms. The van der Waals surface area contributed by atoms with E-state index in [-0.39, 0.29) is 28.3 Å². The summed E-state index contributed by atoms with van der Waals surface area (Å²) in [7, 11) is 0. The molecule has 4 heterocycles. The summed E-state index contributed by atoms with van der Waals surface area (Å²) in [5, 5.41) is 7.31. The molecule has 3 unspecified atom stereocenters. The van der Waals surface area contributed by atoms with Crippen molar-refractivity contribution in [2.75, 3.05) is 12.3 Å². The summed E-state index contributed by atoms with van der Waals surface area (Å²) in [6, 6.07) is 4.48. The van der Waals surface area contributed by atoms with Crippen LogP contribution in [0.15, 0.2) is 30.6 Å². The number of carbonyl (C=O) groups excluding carboxylic acids is 1. The lowest BCUT2D eigenvalue weighted by molar-refractivity contribution is -0.139. The number of carbonyl (C=O) groups is 1. The highest BCUT2D eigenvalue weighted by Gasteiger charge is 2.46. The van der Waals surface area contributed by atoms with Crippen LogP contribution >= 0.6 is 0 Å². The zero-order valence-corrected chi connectivity index (χ0v) is 18.1. The highest BCUT2D eigenvalue weighted by atomic mass is 19.4. The molecule has 0 spiro atoms. The first-order valence-electron chi connectivity index (χ1n) is 10.8. The number of aromatic nitrogens is 4. The highest BCUT2D eigenvalue weighted by Crippen LogP contribution is 2.49. The molecule has 7 nitrogen and oxygen atoms in total. The number of ketones is 1. The summed E-state index contributed by atoms with van der Waals surface area (Å²) in [6.45, 7) is 3.64. The molecule has 1 aliphatic heterocycles. The number of halogens is 3. The van der Waals surface area contributed by atoms with Crippen molar-refractivity contribution in [3.63, 3.8) is 0 Å². The van der Waals surface area contributed by atoms with Gasteiger partial charge in [0.25, 0.3) is 0 Å². The zero-order chi connectivity index (χ0) is 23.5. The predicted octanol–water partition coefficient (Wildman–Crippen LogP) is 3.78. The molecular weight excluding hydrogens is 433 g/mol. The normalized spacial score (nSPS) is 22.2. The van der Waals surface area contributed by atoms with E-state index in [1.54, 1.807) is 31.3 Å². The molecule has 0 amide bonds. The maximum Gasteiger partial charge on any atom is 0.418 e. The summed E-state index contributed by atoms with van der Waals surface area (Å²) >= 11 is 0. The smallest absolute Gasteiger partial charge is 0.383 e. The van der Waals surface area contributed by atoms with Crippen molar-refractivity contribution in [3.8, 4) is 5.69 Å². The average molecular weight is 456 g/mol. The second-order valence-electron chi connectivity index (χ2n) is 8.81. The fourth-order valence-corrected chi connectivity index (χ4v) is 4.82. The van der Waals surface area contributed by atoms with Gasteiger partial charge < -0.3 is 11.1 Å². The maximum absolute atomic E-state index is 14.3. The molecule has 1 saturated heterocycles. The Morgan fingerprint density at radius 3 is 2.64 bits per heavy atom. The Morgan fingerprint density at radius 2 is 1.97 bits per heavy atom. The molecule has 2 aliphatic rings. The van der Waals surface area contributed by atoms with Crippen LogP contribution in [0.25, 0.3) is 5.69 Å². The monoisotopic (exact) mass is 456 g/mol. The molecule has 0 radical (unpaired) electrons. The molecule has 1 aliphatic carbocycles. The fraction of sp³-hybridized carbons (Fsp3) is 0.391. The number of pyridine rings is 2. The third-order valence-corrected chi connectivity index (χ3v) is 6.56. The Morgan fingerprint density at radius 1 is 1.18 bits per heavy atom. The second kappa shape index (κ2) is 7.65. The number of alkyl halides is 3. The van der Waals surface area contributed by atoms with E-state index in [9.17, 15) is 18.0 Å². The Bertz CT molecular complexity index is 1240. The number of nitrogens with zero attached hydrogens (tertiary/aromatic N) is 4. The van der Waals surface area contributed by atoms with Gasteiger partial charge in [0.2, 0.25) is 5.78 Å². The topological polar surface area (TPSA) is 98.7 Å². The lowest BCUT2D eigenvalue weighted by atomic mass is 9.91. The van der Waals surface area contributed by atoms with E-state index >= 15 is 0 Å². The number of fused-ring (bicyclic) bond motifs is 1. The standard InChI is InChI=1S/C23H23F3N6O/c1-11-4-5-16(32-7-3-6-29-32)20(30-11)21(33)17-12(2)18(23(24,25)26)19(31-22(17)27)15-9-13-8-14(13)10-28-15/h3-7,13-15,28H,8-10H2,1-2H3,(H2,27,31). The van der Waals surface area contributed by atoms with Crippen molar-refractivity contribution in [1.82, 2.24) is 25.1 Å². The van der Waals surface area contributed by atoms with Gasteiger partial charge in [-0.3, -0.25) is 4.79 Å². The van der Waals surface area contributed by atoms with Crippen LogP contribution in [0.2, 0.25) is 0 Å². The van der Waals surface area contributed by atoms with Crippen LogP contribution in [0.5, 0.6) is 0 Å². The molecular formula is C23H23F3N6O. The number of aryl methyl sites for hydroxylation is 1. The van der Waals surface area contributed by atoms with Crippen molar-refractivity contribution in [2.45, 2.75) is 38.9 Å². The third kappa shape index (κ3) is 3.78. The first-order valence-corrected chi connectivity index (χ1v) is 10.8. The van der Waals surface area contributed by atoms with E-state index in [0.29, 0.717) is 36.2 Å². The number of nitrogens with two attached hydrogens (primary N) is 1. The van der Waals surface area contributed by atoms with E-state index in [1.807, 2.05) is 0 Å². The number of hydrogen-bond acceptors (Lipinski definition) is 6. The number of hydrogen-bond donors (Lipinski definition) is 2. The first kappa shape index (κ1) is 21.6. The molecule has 33 heavy (non-hydrogen) atoms. The number of nitrogen functional groups attached to an aromatic ring is 1. The minimum absolute atomic E-state index is 0.0345. The minimum atomic E-state index is -4.69. The van der Waals surface area contributed by atoms with Gasteiger partial charge in [0.1, 0.15) is 11.5 Å². The van der Waals surface area contributed by atoms with Crippen molar-refractivity contribution in [2.24, 2.45) is 11.8 Å². The quantitative estimate of drug-likeness (QED) is 0.580. The van der Waals surface area contributed by atoms with Crippen LogP contribution in [0.4, 0.5) is 19.0 Å². The van der Waals surface area contributed by atoms with E-state index in [2.05, 4.69) is 20.4 Å². The van der Waals surface area contributed by atoms with Gasteiger partial charge in [-0.1, -0.05) is 0 Å². The van der Waals surface area contributed by atoms with E-state index in [1.165, 1.54) is 17.8 Å². The van der Waals surface area contributed by atoms with Gasteiger partial charge in [0.05, 0.1) is 28.6 Å². The Labute approximate surface area is 188 Å². The minimum Gasteiger partial charge on any atom is -0.383 e. The van der Waals surface area contributed by atoms with Crippen LogP contribution in [-0.4, -0.2) is 32.1 Å². The van der Waals surface area contributed by atoms with Gasteiger partial charge in [-0.2, -0.15) is 18.3 Å². The highest BCUT2D eigenvalue weighted by molar-refractivity contribution is 6.13. The van der Waals surface area contributed by atoms with Crippen molar-refractivity contribution >= 4 is 11.6 Å². The van der Waals surface area contributed by atoms with Gasteiger partial charge >= 0.3 is 6.18 Å². The molecule has 0 aromatic carbocycles. The molecule has 5 rings (SSSR count). The Balaban J connectivity index is 1.65. The Hall–Kier alpha value is -3.27.